The minimum absolute atomic E-state index is 0.0183. The fourth-order valence-electron chi connectivity index (χ4n) is 3.40. The number of carbonyl (C=O) groups excluding carboxylic acids is 1. The molecule has 4 aromatic rings. The summed E-state index contributed by atoms with van der Waals surface area (Å²) in [6, 6.07) is 8.97. The monoisotopic (exact) mass is 535 g/mol. The van der Waals surface area contributed by atoms with Gasteiger partial charge in [-0.15, -0.1) is 21.5 Å². The van der Waals surface area contributed by atoms with Gasteiger partial charge in [0.15, 0.2) is 10.9 Å². The molecule has 0 aliphatic carbocycles. The standard InChI is InChI=1S/C23H23Cl2N5O2S2/c1-3-9-29(10-4-2)22(31)18-13-33-20(26-18)14-34-23-28-27-21(19-6-5-11-32-19)30(23)15-7-8-16(24)17(25)12-15/h5-8,11-13H,3-4,9-10,14H2,1-2H3. The Morgan fingerprint density at radius 3 is 2.62 bits per heavy atom. The number of halogens is 2. The van der Waals surface area contributed by atoms with Crippen molar-refractivity contribution in [3.63, 3.8) is 0 Å². The van der Waals surface area contributed by atoms with Crippen molar-refractivity contribution < 1.29 is 9.21 Å². The molecular weight excluding hydrogens is 513 g/mol. The summed E-state index contributed by atoms with van der Waals surface area (Å²) < 4.78 is 7.43. The number of hydrogen-bond acceptors (Lipinski definition) is 7. The lowest BCUT2D eigenvalue weighted by molar-refractivity contribution is 0.0750. The molecule has 1 amide bonds. The lowest BCUT2D eigenvalue weighted by Gasteiger charge is -2.20. The topological polar surface area (TPSA) is 77.0 Å². The first-order chi connectivity index (χ1) is 16.5. The molecule has 3 heterocycles. The minimum atomic E-state index is -0.0183. The summed E-state index contributed by atoms with van der Waals surface area (Å²) in [4.78, 5) is 19.3. The van der Waals surface area contributed by atoms with E-state index in [-0.39, 0.29) is 5.91 Å². The van der Waals surface area contributed by atoms with Gasteiger partial charge in [-0.25, -0.2) is 4.98 Å². The lowest BCUT2D eigenvalue weighted by atomic mass is 10.3. The maximum atomic E-state index is 12.8. The molecule has 0 spiro atoms. The number of amides is 1. The number of aromatic nitrogens is 4. The molecule has 0 bridgehead atoms. The van der Waals surface area contributed by atoms with E-state index < -0.39 is 0 Å². The highest BCUT2D eigenvalue weighted by Crippen LogP contribution is 2.33. The van der Waals surface area contributed by atoms with Crippen LogP contribution in [-0.4, -0.2) is 43.6 Å². The van der Waals surface area contributed by atoms with Gasteiger partial charge in [-0.05, 0) is 43.2 Å². The maximum absolute atomic E-state index is 12.8. The highest BCUT2D eigenvalue weighted by atomic mass is 35.5. The molecule has 11 heteroatoms. The molecule has 4 rings (SSSR count). The van der Waals surface area contributed by atoms with Crippen LogP contribution in [-0.2, 0) is 5.75 Å². The van der Waals surface area contributed by atoms with Crippen molar-refractivity contribution in [1.29, 1.82) is 0 Å². The predicted molar refractivity (Wildman–Crippen MR) is 137 cm³/mol. The Hall–Kier alpha value is -2.33. The zero-order valence-electron chi connectivity index (χ0n) is 18.7. The summed E-state index contributed by atoms with van der Waals surface area (Å²) in [5.74, 6) is 1.65. The van der Waals surface area contributed by atoms with Crippen LogP contribution in [0.15, 0.2) is 51.5 Å². The molecule has 0 aliphatic heterocycles. The van der Waals surface area contributed by atoms with Crippen molar-refractivity contribution in [2.75, 3.05) is 13.1 Å². The van der Waals surface area contributed by atoms with Gasteiger partial charge in [0, 0.05) is 18.5 Å². The van der Waals surface area contributed by atoms with Gasteiger partial charge in [0.25, 0.3) is 5.91 Å². The molecule has 0 saturated heterocycles. The number of hydrogen-bond donors (Lipinski definition) is 0. The molecule has 7 nitrogen and oxygen atoms in total. The average molecular weight is 537 g/mol. The van der Waals surface area contributed by atoms with Crippen molar-refractivity contribution in [2.24, 2.45) is 0 Å². The highest BCUT2D eigenvalue weighted by molar-refractivity contribution is 7.98. The zero-order valence-corrected chi connectivity index (χ0v) is 21.8. The Labute approximate surface area is 216 Å². The van der Waals surface area contributed by atoms with Gasteiger partial charge in [0.2, 0.25) is 5.82 Å². The first-order valence-electron chi connectivity index (χ1n) is 10.8. The summed E-state index contributed by atoms with van der Waals surface area (Å²) >= 11 is 15.3. The molecule has 0 unspecified atom stereocenters. The van der Waals surface area contributed by atoms with E-state index >= 15 is 0 Å². The molecule has 3 aromatic heterocycles. The molecule has 1 aromatic carbocycles. The van der Waals surface area contributed by atoms with Gasteiger partial charge in [-0.3, -0.25) is 9.36 Å². The third-order valence-corrected chi connectivity index (χ3v) is 7.62. The number of rotatable bonds is 10. The summed E-state index contributed by atoms with van der Waals surface area (Å²) in [5.41, 5.74) is 1.25. The summed E-state index contributed by atoms with van der Waals surface area (Å²) in [6.07, 6.45) is 3.42. The number of nitrogens with zero attached hydrogens (tertiary/aromatic N) is 5. The number of thioether (sulfide) groups is 1. The molecule has 0 N–H and O–H groups in total. The van der Waals surface area contributed by atoms with Gasteiger partial charge in [-0.1, -0.05) is 48.8 Å². The van der Waals surface area contributed by atoms with E-state index in [2.05, 4.69) is 29.0 Å². The second kappa shape index (κ2) is 11.4. The van der Waals surface area contributed by atoms with Crippen LogP contribution in [0.5, 0.6) is 0 Å². The van der Waals surface area contributed by atoms with Gasteiger partial charge < -0.3 is 9.32 Å². The first kappa shape index (κ1) is 24.8. The van der Waals surface area contributed by atoms with Crippen LogP contribution in [0, 0.1) is 0 Å². The predicted octanol–water partition coefficient (Wildman–Crippen LogP) is 6.85. The van der Waals surface area contributed by atoms with Gasteiger partial charge >= 0.3 is 0 Å². The van der Waals surface area contributed by atoms with Crippen LogP contribution in [0.25, 0.3) is 17.3 Å². The van der Waals surface area contributed by atoms with E-state index in [1.165, 1.54) is 23.1 Å². The molecule has 0 fully saturated rings. The van der Waals surface area contributed by atoms with Gasteiger partial charge in [0.05, 0.1) is 27.7 Å². The quantitative estimate of drug-likeness (QED) is 0.207. The Bertz CT molecular complexity index is 1250. The van der Waals surface area contributed by atoms with E-state index in [1.54, 1.807) is 24.5 Å². The van der Waals surface area contributed by atoms with Crippen LogP contribution in [0.2, 0.25) is 10.0 Å². The molecule has 178 valence electrons. The van der Waals surface area contributed by atoms with Crippen molar-refractivity contribution in [3.8, 4) is 17.3 Å². The van der Waals surface area contributed by atoms with Crippen LogP contribution in [0.3, 0.4) is 0 Å². The Balaban J connectivity index is 1.57. The van der Waals surface area contributed by atoms with E-state index in [0.717, 1.165) is 36.6 Å². The van der Waals surface area contributed by atoms with E-state index in [4.69, 9.17) is 27.6 Å². The number of benzene rings is 1. The third-order valence-electron chi connectivity index (χ3n) is 4.91. The maximum Gasteiger partial charge on any atom is 0.273 e. The molecule has 0 atom stereocenters. The average Bonchev–Trinajstić information content (AvgIpc) is 3.59. The van der Waals surface area contributed by atoms with Crippen LogP contribution in [0.1, 0.15) is 42.2 Å². The Morgan fingerprint density at radius 1 is 1.15 bits per heavy atom. The fraction of sp³-hybridized carbons (Fsp3) is 0.304. The van der Waals surface area contributed by atoms with E-state index in [1.807, 2.05) is 27.0 Å². The zero-order chi connectivity index (χ0) is 24.1. The number of carbonyl (C=O) groups is 1. The number of furan rings is 1. The van der Waals surface area contributed by atoms with Crippen molar-refractivity contribution >= 4 is 52.2 Å². The van der Waals surface area contributed by atoms with E-state index in [0.29, 0.717) is 38.2 Å². The van der Waals surface area contributed by atoms with Crippen molar-refractivity contribution in [1.82, 2.24) is 24.6 Å². The second-order valence-electron chi connectivity index (χ2n) is 7.42. The van der Waals surface area contributed by atoms with Gasteiger partial charge in [0.1, 0.15) is 10.7 Å². The summed E-state index contributed by atoms with van der Waals surface area (Å²) in [6.45, 7) is 5.60. The second-order valence-corrected chi connectivity index (χ2v) is 10.1. The summed E-state index contributed by atoms with van der Waals surface area (Å²) in [5, 5.41) is 12.9. The largest absolute Gasteiger partial charge is 0.461 e. The minimum Gasteiger partial charge on any atom is -0.461 e. The molecule has 0 radical (unpaired) electrons. The molecular formula is C23H23Cl2N5O2S2. The van der Waals surface area contributed by atoms with E-state index in [9.17, 15) is 4.79 Å². The van der Waals surface area contributed by atoms with Crippen LogP contribution in [0.4, 0.5) is 0 Å². The number of thiazole rings is 1. The Morgan fingerprint density at radius 2 is 1.94 bits per heavy atom. The SMILES string of the molecule is CCCN(CCC)C(=O)c1csc(CSc2nnc(-c3ccco3)n2-c2ccc(Cl)c(Cl)c2)n1. The fourth-order valence-corrected chi connectivity index (χ4v) is 5.43. The smallest absolute Gasteiger partial charge is 0.273 e. The summed E-state index contributed by atoms with van der Waals surface area (Å²) in [7, 11) is 0. The van der Waals surface area contributed by atoms with Gasteiger partial charge in [-0.2, -0.15) is 0 Å². The third kappa shape index (κ3) is 5.49. The first-order valence-corrected chi connectivity index (χ1v) is 13.4. The molecule has 0 aliphatic rings. The van der Waals surface area contributed by atoms with Crippen LogP contribution < -0.4 is 0 Å². The van der Waals surface area contributed by atoms with Crippen LogP contribution >= 0.6 is 46.3 Å². The Kier molecular flexibility index (Phi) is 8.31. The highest BCUT2D eigenvalue weighted by Gasteiger charge is 2.21. The van der Waals surface area contributed by atoms with Crippen molar-refractivity contribution in [3.05, 3.63) is 62.7 Å². The molecule has 34 heavy (non-hydrogen) atoms. The normalized spacial score (nSPS) is 11.2. The molecule has 0 saturated carbocycles. The lowest BCUT2D eigenvalue weighted by Crippen LogP contribution is -2.32. The van der Waals surface area contributed by atoms with Crippen molar-refractivity contribution in [2.45, 2.75) is 37.6 Å².